The molecule has 0 fully saturated rings. The molecule has 0 aliphatic heterocycles. The van der Waals surface area contributed by atoms with Gasteiger partial charge in [0, 0.05) is 0 Å². The average Bonchev–Trinajstić information content (AvgIpc) is 2.35. The van der Waals surface area contributed by atoms with Gasteiger partial charge in [0.05, 0.1) is 13.2 Å². The van der Waals surface area contributed by atoms with Crippen molar-refractivity contribution < 1.29 is 19.1 Å². The van der Waals surface area contributed by atoms with Crippen LogP contribution in [0.5, 0.6) is 0 Å². The van der Waals surface area contributed by atoms with Gasteiger partial charge in [0.2, 0.25) is 0 Å². The second kappa shape index (κ2) is 8.72. The summed E-state index contributed by atoms with van der Waals surface area (Å²) in [6, 6.07) is 0. The fourth-order valence-electron chi connectivity index (χ4n) is 1.77. The van der Waals surface area contributed by atoms with E-state index in [0.717, 1.165) is 12.8 Å². The molecule has 0 unspecified atom stereocenters. The fraction of sp³-hybridized carbons (Fsp3) is 0.714. The van der Waals surface area contributed by atoms with E-state index in [4.69, 9.17) is 9.47 Å². The lowest BCUT2D eigenvalue weighted by molar-refractivity contribution is -0.168. The number of allylic oxidation sites excluding steroid dienone is 1. The summed E-state index contributed by atoms with van der Waals surface area (Å²) in [5.41, 5.74) is -1.28. The number of carbonyl (C=O) groups excluding carboxylic acids is 2. The van der Waals surface area contributed by atoms with E-state index >= 15 is 0 Å². The molecule has 0 aliphatic carbocycles. The molecule has 0 saturated carbocycles. The van der Waals surface area contributed by atoms with Gasteiger partial charge in [-0.25, -0.2) is 0 Å². The number of carbonyl (C=O) groups is 2. The van der Waals surface area contributed by atoms with E-state index < -0.39 is 17.4 Å². The van der Waals surface area contributed by atoms with Gasteiger partial charge in [0.25, 0.3) is 0 Å². The van der Waals surface area contributed by atoms with Crippen LogP contribution in [0.25, 0.3) is 0 Å². The maximum Gasteiger partial charge on any atom is 0.327 e. The number of unbranched alkanes of at least 4 members (excludes halogenated alkanes) is 1. The van der Waals surface area contributed by atoms with Crippen LogP contribution in [0.15, 0.2) is 12.2 Å². The Labute approximate surface area is 109 Å². The Bertz CT molecular complexity index is 276. The van der Waals surface area contributed by atoms with Crippen molar-refractivity contribution in [1.82, 2.24) is 0 Å². The van der Waals surface area contributed by atoms with Gasteiger partial charge in [0.15, 0.2) is 5.41 Å². The smallest absolute Gasteiger partial charge is 0.327 e. The standard InChI is InChI=1S/C14H24O4/c1-5-9-11-14(10-6-2,12(15)17-7-3)13(16)18-8-4/h6,10H,5,7-9,11H2,1-4H3/b10-6-. The minimum absolute atomic E-state index is 0.254. The molecule has 18 heavy (non-hydrogen) atoms. The van der Waals surface area contributed by atoms with Gasteiger partial charge in [-0.1, -0.05) is 31.9 Å². The first kappa shape index (κ1) is 16.7. The molecule has 0 atom stereocenters. The minimum Gasteiger partial charge on any atom is -0.465 e. The van der Waals surface area contributed by atoms with Gasteiger partial charge in [0.1, 0.15) is 0 Å². The van der Waals surface area contributed by atoms with Gasteiger partial charge < -0.3 is 9.47 Å². The third-order valence-electron chi connectivity index (χ3n) is 2.66. The molecule has 0 aromatic rings. The predicted molar refractivity (Wildman–Crippen MR) is 70.0 cm³/mol. The minimum atomic E-state index is -1.28. The summed E-state index contributed by atoms with van der Waals surface area (Å²) >= 11 is 0. The summed E-state index contributed by atoms with van der Waals surface area (Å²) in [4.78, 5) is 24.2. The highest BCUT2D eigenvalue weighted by molar-refractivity contribution is 6.02. The third kappa shape index (κ3) is 4.17. The topological polar surface area (TPSA) is 52.6 Å². The number of ether oxygens (including phenoxy) is 2. The van der Waals surface area contributed by atoms with Gasteiger partial charge in [-0.2, -0.15) is 0 Å². The molecule has 0 aromatic carbocycles. The quantitative estimate of drug-likeness (QED) is 0.380. The summed E-state index contributed by atoms with van der Waals surface area (Å²) < 4.78 is 10.1. The van der Waals surface area contributed by atoms with E-state index in [1.54, 1.807) is 32.9 Å². The van der Waals surface area contributed by atoms with E-state index in [0.29, 0.717) is 6.42 Å². The number of hydrogen-bond acceptors (Lipinski definition) is 4. The lowest BCUT2D eigenvalue weighted by Crippen LogP contribution is -2.40. The van der Waals surface area contributed by atoms with Crippen molar-refractivity contribution in [1.29, 1.82) is 0 Å². The molecule has 0 radical (unpaired) electrons. The van der Waals surface area contributed by atoms with Gasteiger partial charge in [-0.3, -0.25) is 9.59 Å². The van der Waals surface area contributed by atoms with Gasteiger partial charge in [-0.15, -0.1) is 0 Å². The normalized spacial score (nSPS) is 11.6. The van der Waals surface area contributed by atoms with E-state index in [9.17, 15) is 9.59 Å². The van der Waals surface area contributed by atoms with Crippen molar-refractivity contribution >= 4 is 11.9 Å². The van der Waals surface area contributed by atoms with Crippen LogP contribution in [0.2, 0.25) is 0 Å². The first-order valence-electron chi connectivity index (χ1n) is 6.57. The largest absolute Gasteiger partial charge is 0.465 e. The van der Waals surface area contributed by atoms with Crippen LogP contribution in [0, 0.1) is 5.41 Å². The van der Waals surface area contributed by atoms with Crippen LogP contribution in [-0.4, -0.2) is 25.2 Å². The molecule has 4 nitrogen and oxygen atoms in total. The van der Waals surface area contributed by atoms with Crippen LogP contribution in [-0.2, 0) is 19.1 Å². The van der Waals surface area contributed by atoms with Crippen LogP contribution in [0.3, 0.4) is 0 Å². The summed E-state index contributed by atoms with van der Waals surface area (Å²) in [5, 5.41) is 0. The zero-order valence-corrected chi connectivity index (χ0v) is 11.8. The van der Waals surface area contributed by atoms with Crippen molar-refractivity contribution in [3.63, 3.8) is 0 Å². The zero-order chi connectivity index (χ0) is 14.0. The Balaban J connectivity index is 5.26. The van der Waals surface area contributed by atoms with Crippen LogP contribution < -0.4 is 0 Å². The second-order valence-corrected chi connectivity index (χ2v) is 4.02. The fourth-order valence-corrected chi connectivity index (χ4v) is 1.77. The highest BCUT2D eigenvalue weighted by atomic mass is 16.6. The van der Waals surface area contributed by atoms with Crippen LogP contribution >= 0.6 is 0 Å². The third-order valence-corrected chi connectivity index (χ3v) is 2.66. The van der Waals surface area contributed by atoms with Crippen molar-refractivity contribution in [2.24, 2.45) is 5.41 Å². The molecule has 0 N–H and O–H groups in total. The van der Waals surface area contributed by atoms with Crippen molar-refractivity contribution in [3.05, 3.63) is 12.2 Å². The maximum absolute atomic E-state index is 12.1. The van der Waals surface area contributed by atoms with Crippen molar-refractivity contribution in [3.8, 4) is 0 Å². The highest BCUT2D eigenvalue weighted by Crippen LogP contribution is 2.30. The van der Waals surface area contributed by atoms with Crippen molar-refractivity contribution in [2.45, 2.75) is 47.0 Å². The highest BCUT2D eigenvalue weighted by Gasteiger charge is 2.45. The first-order chi connectivity index (χ1) is 8.58. The molecule has 0 aliphatic rings. The lowest BCUT2D eigenvalue weighted by atomic mass is 9.82. The Kier molecular flexibility index (Phi) is 8.08. The molecular weight excluding hydrogens is 232 g/mol. The van der Waals surface area contributed by atoms with E-state index in [1.807, 2.05) is 6.92 Å². The summed E-state index contributed by atoms with van der Waals surface area (Å²) in [6.45, 7) is 7.75. The molecule has 0 amide bonds. The molecule has 0 bridgehead atoms. The number of hydrogen-bond donors (Lipinski definition) is 0. The predicted octanol–water partition coefficient (Wildman–Crippen LogP) is 2.87. The summed E-state index contributed by atoms with van der Waals surface area (Å²) in [6.07, 6.45) is 5.38. The first-order valence-corrected chi connectivity index (χ1v) is 6.57. The Morgan fingerprint density at radius 2 is 1.56 bits per heavy atom. The molecule has 0 rings (SSSR count). The molecule has 104 valence electrons. The average molecular weight is 256 g/mol. The SMILES string of the molecule is C/C=C\C(CCCC)(C(=O)OCC)C(=O)OCC. The monoisotopic (exact) mass is 256 g/mol. The van der Waals surface area contributed by atoms with Crippen LogP contribution in [0.1, 0.15) is 47.0 Å². The Morgan fingerprint density at radius 1 is 1.06 bits per heavy atom. The molecule has 0 spiro atoms. The Morgan fingerprint density at radius 3 is 1.89 bits per heavy atom. The van der Waals surface area contributed by atoms with E-state index in [-0.39, 0.29) is 13.2 Å². The van der Waals surface area contributed by atoms with Gasteiger partial charge >= 0.3 is 11.9 Å². The zero-order valence-electron chi connectivity index (χ0n) is 11.8. The molecule has 0 heterocycles. The van der Waals surface area contributed by atoms with Crippen molar-refractivity contribution in [2.75, 3.05) is 13.2 Å². The van der Waals surface area contributed by atoms with E-state index in [1.165, 1.54) is 0 Å². The van der Waals surface area contributed by atoms with E-state index in [2.05, 4.69) is 0 Å². The molecule has 0 saturated heterocycles. The molecule has 4 heteroatoms. The lowest BCUT2D eigenvalue weighted by Gasteiger charge is -2.25. The molecular formula is C14H24O4. The van der Waals surface area contributed by atoms with Gasteiger partial charge in [-0.05, 0) is 27.2 Å². The maximum atomic E-state index is 12.1. The number of rotatable bonds is 8. The Hall–Kier alpha value is -1.32. The molecule has 0 aromatic heterocycles. The second-order valence-electron chi connectivity index (χ2n) is 4.02. The number of esters is 2. The summed E-state index contributed by atoms with van der Waals surface area (Å²) in [7, 11) is 0. The van der Waals surface area contributed by atoms with Crippen LogP contribution in [0.4, 0.5) is 0 Å². The summed E-state index contributed by atoms with van der Waals surface area (Å²) in [5.74, 6) is -1.04.